The van der Waals surface area contributed by atoms with E-state index in [1.807, 2.05) is 42.6 Å². The Morgan fingerprint density at radius 2 is 1.58 bits per heavy atom. The third kappa shape index (κ3) is 3.84. The maximum Gasteiger partial charge on any atom is 0.240 e. The van der Waals surface area contributed by atoms with Crippen LogP contribution in [-0.2, 0) is 32.2 Å². The average molecular weight is 526 g/mol. The fourth-order valence-corrected chi connectivity index (χ4v) is 6.69. The molecule has 1 saturated heterocycles. The van der Waals surface area contributed by atoms with Gasteiger partial charge in [0.05, 0.1) is 18.5 Å². The molecular formula is C31H31N3O3S. The summed E-state index contributed by atoms with van der Waals surface area (Å²) < 4.78 is 25.7. The number of amides is 1. The van der Waals surface area contributed by atoms with E-state index in [4.69, 9.17) is 4.98 Å². The number of anilines is 1. The largest absolute Gasteiger partial charge is 0.305 e. The van der Waals surface area contributed by atoms with Gasteiger partial charge in [0.25, 0.3) is 0 Å². The number of aromatic nitrogens is 1. The second-order valence-corrected chi connectivity index (χ2v) is 13.5. The third-order valence-corrected chi connectivity index (χ3v) is 9.15. The minimum Gasteiger partial charge on any atom is -0.305 e. The molecule has 1 fully saturated rings. The third-order valence-electron chi connectivity index (χ3n) is 7.95. The Balaban J connectivity index is 1.44. The fourth-order valence-electron chi connectivity index (χ4n) is 5.78. The van der Waals surface area contributed by atoms with Gasteiger partial charge in [-0.3, -0.25) is 9.78 Å². The van der Waals surface area contributed by atoms with Crippen molar-refractivity contribution in [2.45, 2.75) is 38.1 Å². The predicted octanol–water partition coefficient (Wildman–Crippen LogP) is 5.26. The second-order valence-electron chi connectivity index (χ2n) is 11.5. The molecule has 1 aromatic heterocycles. The summed E-state index contributed by atoms with van der Waals surface area (Å²) in [6, 6.07) is 24.5. The summed E-state index contributed by atoms with van der Waals surface area (Å²) >= 11 is 0. The van der Waals surface area contributed by atoms with Crippen LogP contribution in [0.1, 0.15) is 37.6 Å². The highest BCUT2D eigenvalue weighted by atomic mass is 32.2. The molecule has 0 saturated carbocycles. The van der Waals surface area contributed by atoms with Crippen molar-refractivity contribution in [3.63, 3.8) is 0 Å². The van der Waals surface area contributed by atoms with Gasteiger partial charge in [-0.05, 0) is 33.6 Å². The first-order chi connectivity index (χ1) is 18.0. The van der Waals surface area contributed by atoms with Crippen LogP contribution in [0.4, 0.5) is 5.69 Å². The number of nitrogens with zero attached hydrogens (tertiary/aromatic N) is 3. The number of carbonyl (C=O) groups is 1. The number of benzene rings is 3. The molecule has 0 aliphatic carbocycles. The molecule has 1 amide bonds. The van der Waals surface area contributed by atoms with Crippen molar-refractivity contribution in [3.8, 4) is 11.1 Å². The Labute approximate surface area is 224 Å². The van der Waals surface area contributed by atoms with Gasteiger partial charge < -0.3 is 4.90 Å². The molecule has 7 heteroatoms. The minimum absolute atomic E-state index is 0.0426. The highest BCUT2D eigenvalue weighted by Crippen LogP contribution is 2.49. The van der Waals surface area contributed by atoms with Gasteiger partial charge in [0, 0.05) is 35.9 Å². The van der Waals surface area contributed by atoms with Gasteiger partial charge in [0.2, 0.25) is 15.9 Å². The number of carbonyl (C=O) groups excluding carboxylic acids is 1. The van der Waals surface area contributed by atoms with Crippen molar-refractivity contribution in [1.82, 2.24) is 9.29 Å². The second kappa shape index (κ2) is 8.48. The van der Waals surface area contributed by atoms with Crippen LogP contribution in [0.2, 0.25) is 0 Å². The van der Waals surface area contributed by atoms with Crippen molar-refractivity contribution < 1.29 is 13.2 Å². The van der Waals surface area contributed by atoms with E-state index in [9.17, 15) is 13.2 Å². The maximum absolute atomic E-state index is 14.0. The van der Waals surface area contributed by atoms with Crippen LogP contribution in [0.5, 0.6) is 0 Å². The van der Waals surface area contributed by atoms with Crippen LogP contribution in [0, 0.1) is 0 Å². The van der Waals surface area contributed by atoms with E-state index in [0.717, 1.165) is 38.8 Å². The Hall–Kier alpha value is -3.55. The van der Waals surface area contributed by atoms with Crippen molar-refractivity contribution in [1.29, 1.82) is 0 Å². The van der Waals surface area contributed by atoms with Gasteiger partial charge in [-0.1, -0.05) is 87.5 Å². The standard InChI is InChI=1S/C31H31N3O3S/c1-30(2,3)23-15-13-21(14-16-23)28-24-10-6-5-9-22(24)17-32-26(28)18-34-27-12-8-7-11-25(27)31(29(34)35)19-33(20-31)38(4,36)37/h5-17H,18-20H2,1-4H3. The molecule has 2 aliphatic heterocycles. The molecule has 2 aliphatic rings. The van der Waals surface area contributed by atoms with Gasteiger partial charge in [-0.25, -0.2) is 8.42 Å². The summed E-state index contributed by atoms with van der Waals surface area (Å²) in [6.45, 7) is 7.24. The number of sulfonamides is 1. The van der Waals surface area contributed by atoms with Crippen LogP contribution < -0.4 is 4.90 Å². The lowest BCUT2D eigenvalue weighted by Crippen LogP contribution is -2.64. The molecule has 0 unspecified atom stereocenters. The minimum atomic E-state index is -3.36. The summed E-state index contributed by atoms with van der Waals surface area (Å²) in [5.74, 6) is -0.0670. The van der Waals surface area contributed by atoms with Crippen LogP contribution in [0.3, 0.4) is 0 Å². The van der Waals surface area contributed by atoms with E-state index in [-0.39, 0.29) is 24.4 Å². The first-order valence-electron chi connectivity index (χ1n) is 12.8. The molecule has 3 aromatic carbocycles. The number of pyridine rings is 1. The monoisotopic (exact) mass is 525 g/mol. The zero-order chi connectivity index (χ0) is 26.9. The zero-order valence-corrected chi connectivity index (χ0v) is 22.9. The van der Waals surface area contributed by atoms with Crippen LogP contribution >= 0.6 is 0 Å². The smallest absolute Gasteiger partial charge is 0.240 e. The maximum atomic E-state index is 14.0. The highest BCUT2D eigenvalue weighted by Gasteiger charge is 2.60. The molecule has 0 bridgehead atoms. The van der Waals surface area contributed by atoms with E-state index in [0.29, 0.717) is 6.54 Å². The van der Waals surface area contributed by atoms with E-state index in [1.165, 1.54) is 16.1 Å². The van der Waals surface area contributed by atoms with Crippen LogP contribution in [0.25, 0.3) is 21.9 Å². The van der Waals surface area contributed by atoms with Crippen molar-refractivity contribution in [2.24, 2.45) is 0 Å². The van der Waals surface area contributed by atoms with Gasteiger partial charge >= 0.3 is 0 Å². The Bertz CT molecular complexity index is 1680. The molecule has 6 rings (SSSR count). The Morgan fingerprint density at radius 1 is 0.921 bits per heavy atom. The molecule has 0 atom stereocenters. The van der Waals surface area contributed by atoms with E-state index in [1.54, 1.807) is 4.90 Å². The van der Waals surface area contributed by atoms with Gasteiger partial charge in [-0.15, -0.1) is 0 Å². The summed E-state index contributed by atoms with van der Waals surface area (Å²) in [6.07, 6.45) is 3.06. The summed E-state index contributed by atoms with van der Waals surface area (Å²) in [7, 11) is -3.36. The first-order valence-corrected chi connectivity index (χ1v) is 14.7. The van der Waals surface area contributed by atoms with Crippen molar-refractivity contribution >= 4 is 32.4 Å². The number of hydrogen-bond donors (Lipinski definition) is 0. The fraction of sp³-hybridized carbons (Fsp3) is 0.290. The lowest BCUT2D eigenvalue weighted by Gasteiger charge is -2.45. The van der Waals surface area contributed by atoms with Gasteiger partial charge in [-0.2, -0.15) is 4.31 Å². The summed E-state index contributed by atoms with van der Waals surface area (Å²) in [5.41, 5.74) is 5.05. The van der Waals surface area contributed by atoms with Crippen LogP contribution in [-0.4, -0.2) is 43.0 Å². The molecule has 3 heterocycles. The van der Waals surface area contributed by atoms with Crippen LogP contribution in [0.15, 0.2) is 79.0 Å². The highest BCUT2D eigenvalue weighted by molar-refractivity contribution is 7.88. The quantitative estimate of drug-likeness (QED) is 0.365. The zero-order valence-electron chi connectivity index (χ0n) is 22.1. The normalized spacial score (nSPS) is 17.2. The van der Waals surface area contributed by atoms with E-state index < -0.39 is 15.4 Å². The number of para-hydroxylation sites is 1. The van der Waals surface area contributed by atoms with Gasteiger partial charge in [0.15, 0.2) is 0 Å². The molecular weight excluding hydrogens is 494 g/mol. The summed E-state index contributed by atoms with van der Waals surface area (Å²) in [5, 5.41) is 2.13. The Morgan fingerprint density at radius 3 is 2.26 bits per heavy atom. The SMILES string of the molecule is CC(C)(C)c1ccc(-c2c(CN3C(=O)C4(CN(S(C)(=O)=O)C4)c4ccccc43)ncc3ccccc23)cc1. The predicted molar refractivity (Wildman–Crippen MR) is 152 cm³/mol. The number of fused-ring (bicyclic) bond motifs is 3. The topological polar surface area (TPSA) is 70.6 Å². The van der Waals surface area contributed by atoms with Crippen molar-refractivity contribution in [3.05, 3.63) is 95.8 Å². The average Bonchev–Trinajstić information content (AvgIpc) is 3.10. The number of rotatable bonds is 4. The number of hydrogen-bond acceptors (Lipinski definition) is 4. The molecule has 1 spiro atoms. The Kier molecular flexibility index (Phi) is 5.53. The molecule has 38 heavy (non-hydrogen) atoms. The summed E-state index contributed by atoms with van der Waals surface area (Å²) in [4.78, 5) is 20.6. The molecule has 194 valence electrons. The molecule has 6 nitrogen and oxygen atoms in total. The van der Waals surface area contributed by atoms with E-state index in [2.05, 4.69) is 57.2 Å². The van der Waals surface area contributed by atoms with Crippen molar-refractivity contribution in [2.75, 3.05) is 24.2 Å². The van der Waals surface area contributed by atoms with Gasteiger partial charge in [0.1, 0.15) is 5.41 Å². The lowest BCUT2D eigenvalue weighted by atomic mass is 9.76. The lowest BCUT2D eigenvalue weighted by molar-refractivity contribution is -0.127. The first kappa shape index (κ1) is 24.8. The molecule has 0 N–H and O–H groups in total. The van der Waals surface area contributed by atoms with E-state index >= 15 is 0 Å². The molecule has 0 radical (unpaired) electrons. The molecule has 4 aromatic rings.